The number of hydrogen-bond donors (Lipinski definition) is 3. The van der Waals surface area contributed by atoms with E-state index in [0.29, 0.717) is 31.9 Å². The van der Waals surface area contributed by atoms with Crippen LogP contribution in [0.15, 0.2) is 0 Å². The summed E-state index contributed by atoms with van der Waals surface area (Å²) in [7, 11) is 0. The van der Waals surface area contributed by atoms with Crippen molar-refractivity contribution in [3.63, 3.8) is 0 Å². The predicted octanol–water partition coefficient (Wildman–Crippen LogP) is 1.52. The number of carbonyl (C=O) groups excluding carboxylic acids is 2. The van der Waals surface area contributed by atoms with E-state index in [-0.39, 0.29) is 23.8 Å². The first kappa shape index (κ1) is 23.2. The van der Waals surface area contributed by atoms with E-state index >= 15 is 0 Å². The summed E-state index contributed by atoms with van der Waals surface area (Å²) in [6, 6.07) is -0.794. The summed E-state index contributed by atoms with van der Waals surface area (Å²) in [5.41, 5.74) is 8.90. The minimum atomic E-state index is -0.597. The quantitative estimate of drug-likeness (QED) is 0.180. The Morgan fingerprint density at radius 2 is 2.08 bits per heavy atom. The maximum atomic E-state index is 12.7. The van der Waals surface area contributed by atoms with Crippen molar-refractivity contribution in [2.24, 2.45) is 11.7 Å². The summed E-state index contributed by atoms with van der Waals surface area (Å²) in [5, 5.41) is 1.42. The van der Waals surface area contributed by atoms with Crippen LogP contribution >= 0.6 is 12.6 Å². The number of esters is 1. The zero-order chi connectivity index (χ0) is 19.4. The average Bonchev–Trinajstić information content (AvgIpc) is 2.96. The molecule has 0 bridgehead atoms. The van der Waals surface area contributed by atoms with Crippen LogP contribution in [-0.2, 0) is 19.1 Å². The first-order valence-corrected chi connectivity index (χ1v) is 10.3. The number of carbonyl (C=O) groups is 2. The Balaban J connectivity index is 2.42. The van der Waals surface area contributed by atoms with Crippen LogP contribution in [-0.4, -0.2) is 61.1 Å². The van der Waals surface area contributed by atoms with Gasteiger partial charge in [-0.25, -0.2) is 10.2 Å². The number of nitrogens with two attached hydrogens (primary N) is 1. The van der Waals surface area contributed by atoms with Gasteiger partial charge in [0.2, 0.25) is 5.91 Å². The summed E-state index contributed by atoms with van der Waals surface area (Å²) >= 11 is 4.15. The summed E-state index contributed by atoms with van der Waals surface area (Å²) in [6.45, 7) is 6.22. The van der Waals surface area contributed by atoms with Gasteiger partial charge in [-0.1, -0.05) is 26.7 Å². The van der Waals surface area contributed by atoms with E-state index < -0.39 is 6.04 Å². The molecule has 8 heteroatoms. The van der Waals surface area contributed by atoms with E-state index in [4.69, 9.17) is 15.2 Å². The van der Waals surface area contributed by atoms with Gasteiger partial charge in [0, 0.05) is 43.9 Å². The number of hydrazine groups is 1. The second-order valence-electron chi connectivity index (χ2n) is 6.90. The SMILES string of the molecule is CCCCCOCCCCC(=O)N(NCC(N)CS)[C@H]1C(=O)OC[C@H]1C. The van der Waals surface area contributed by atoms with E-state index in [2.05, 4.69) is 25.0 Å². The van der Waals surface area contributed by atoms with Gasteiger partial charge in [-0.3, -0.25) is 9.80 Å². The van der Waals surface area contributed by atoms with Crippen LogP contribution in [0.1, 0.15) is 52.4 Å². The van der Waals surface area contributed by atoms with Crippen LogP contribution in [0.3, 0.4) is 0 Å². The molecule has 0 spiro atoms. The molecule has 0 aliphatic carbocycles. The summed E-state index contributed by atoms with van der Waals surface area (Å²) in [5.74, 6) is -0.0297. The van der Waals surface area contributed by atoms with Crippen molar-refractivity contribution < 1.29 is 19.1 Å². The molecule has 7 nitrogen and oxygen atoms in total. The van der Waals surface area contributed by atoms with Gasteiger partial charge in [0.15, 0.2) is 6.04 Å². The second-order valence-corrected chi connectivity index (χ2v) is 7.26. The standard InChI is InChI=1S/C18H35N3O4S/c1-3-4-6-9-24-10-7-5-8-16(22)21(20-11-15(19)13-26)17-14(2)12-25-18(17)23/h14-15,17,20,26H,3-13,19H2,1-2H3/t14-,15?,17-/m1/s1. The zero-order valence-corrected chi connectivity index (χ0v) is 17.0. The smallest absolute Gasteiger partial charge is 0.330 e. The maximum Gasteiger partial charge on any atom is 0.330 e. The molecule has 3 atom stereocenters. The Morgan fingerprint density at radius 3 is 2.65 bits per heavy atom. The first-order chi connectivity index (χ1) is 12.5. The predicted molar refractivity (Wildman–Crippen MR) is 105 cm³/mol. The fourth-order valence-electron chi connectivity index (χ4n) is 2.76. The van der Waals surface area contributed by atoms with Gasteiger partial charge in [0.25, 0.3) is 0 Å². The van der Waals surface area contributed by atoms with Crippen molar-refractivity contribution >= 4 is 24.5 Å². The van der Waals surface area contributed by atoms with Gasteiger partial charge < -0.3 is 15.2 Å². The maximum absolute atomic E-state index is 12.7. The van der Waals surface area contributed by atoms with E-state index in [1.807, 2.05) is 6.92 Å². The normalized spacial score (nSPS) is 20.8. The lowest BCUT2D eigenvalue weighted by Gasteiger charge is -2.30. The Morgan fingerprint density at radius 1 is 1.38 bits per heavy atom. The number of hydrogen-bond acceptors (Lipinski definition) is 7. The molecular weight excluding hydrogens is 354 g/mol. The van der Waals surface area contributed by atoms with E-state index in [1.165, 1.54) is 17.9 Å². The molecule has 1 aliphatic heterocycles. The number of rotatable bonds is 14. The number of ether oxygens (including phenoxy) is 2. The molecule has 152 valence electrons. The number of nitrogens with one attached hydrogen (secondary N) is 1. The topological polar surface area (TPSA) is 93.9 Å². The highest BCUT2D eigenvalue weighted by Crippen LogP contribution is 2.20. The van der Waals surface area contributed by atoms with Crippen LogP contribution in [0.2, 0.25) is 0 Å². The van der Waals surface area contributed by atoms with Crippen LogP contribution in [0.4, 0.5) is 0 Å². The summed E-state index contributed by atoms with van der Waals surface area (Å²) in [6.07, 6.45) is 5.35. The Labute approximate surface area is 162 Å². The molecule has 1 unspecified atom stereocenters. The molecule has 1 rings (SSSR count). The Bertz CT molecular complexity index is 425. The van der Waals surface area contributed by atoms with Crippen molar-refractivity contribution in [2.45, 2.75) is 64.5 Å². The van der Waals surface area contributed by atoms with Crippen LogP contribution < -0.4 is 11.2 Å². The largest absolute Gasteiger partial charge is 0.464 e. The fraction of sp³-hybridized carbons (Fsp3) is 0.889. The molecule has 1 saturated heterocycles. The average molecular weight is 390 g/mol. The zero-order valence-electron chi connectivity index (χ0n) is 16.1. The summed E-state index contributed by atoms with van der Waals surface area (Å²) in [4.78, 5) is 24.7. The monoisotopic (exact) mass is 389 g/mol. The lowest BCUT2D eigenvalue weighted by Crippen LogP contribution is -2.56. The first-order valence-electron chi connectivity index (χ1n) is 9.67. The van der Waals surface area contributed by atoms with Crippen molar-refractivity contribution in [1.29, 1.82) is 0 Å². The molecule has 1 fully saturated rings. The number of unbranched alkanes of at least 4 members (excludes halogenated alkanes) is 3. The molecule has 1 amide bonds. The van der Waals surface area contributed by atoms with Gasteiger partial charge in [0.1, 0.15) is 0 Å². The van der Waals surface area contributed by atoms with Crippen molar-refractivity contribution in [3.05, 3.63) is 0 Å². The lowest BCUT2D eigenvalue weighted by atomic mass is 10.0. The number of thiol groups is 1. The molecule has 26 heavy (non-hydrogen) atoms. The third kappa shape index (κ3) is 8.24. The van der Waals surface area contributed by atoms with Crippen molar-refractivity contribution in [3.8, 4) is 0 Å². The van der Waals surface area contributed by atoms with Gasteiger partial charge >= 0.3 is 5.97 Å². The van der Waals surface area contributed by atoms with E-state index in [1.54, 1.807) is 0 Å². The number of nitrogens with zero attached hydrogens (tertiary/aromatic N) is 1. The molecule has 0 aromatic rings. The number of cyclic esters (lactones) is 1. The molecule has 0 saturated carbocycles. The summed E-state index contributed by atoms with van der Waals surface area (Å²) < 4.78 is 10.7. The Hall–Kier alpha value is -0.830. The van der Waals surface area contributed by atoms with Gasteiger partial charge in [-0.15, -0.1) is 0 Å². The van der Waals surface area contributed by atoms with Crippen molar-refractivity contribution in [1.82, 2.24) is 10.4 Å². The third-order valence-corrected chi connectivity index (χ3v) is 4.86. The van der Waals surface area contributed by atoms with Crippen LogP contribution in [0.25, 0.3) is 0 Å². The van der Waals surface area contributed by atoms with E-state index in [0.717, 1.165) is 25.9 Å². The highest BCUT2D eigenvalue weighted by atomic mass is 32.1. The molecule has 1 heterocycles. The molecule has 0 aromatic heterocycles. The fourth-order valence-corrected chi connectivity index (χ4v) is 2.89. The molecule has 1 aliphatic rings. The number of amides is 1. The van der Waals surface area contributed by atoms with E-state index in [9.17, 15) is 9.59 Å². The minimum Gasteiger partial charge on any atom is -0.464 e. The highest BCUT2D eigenvalue weighted by molar-refractivity contribution is 7.80. The van der Waals surface area contributed by atoms with Crippen LogP contribution in [0.5, 0.6) is 0 Å². The lowest BCUT2D eigenvalue weighted by molar-refractivity contribution is -0.151. The molecule has 0 radical (unpaired) electrons. The molecular formula is C18H35N3O4S. The van der Waals surface area contributed by atoms with Crippen molar-refractivity contribution in [2.75, 3.05) is 32.1 Å². The van der Waals surface area contributed by atoms with Gasteiger partial charge in [-0.2, -0.15) is 12.6 Å². The highest BCUT2D eigenvalue weighted by Gasteiger charge is 2.40. The van der Waals surface area contributed by atoms with Crippen LogP contribution in [0, 0.1) is 5.92 Å². The molecule has 3 N–H and O–H groups in total. The minimum absolute atomic E-state index is 0.0481. The molecule has 0 aromatic carbocycles. The second kappa shape index (κ2) is 13.4. The van der Waals surface area contributed by atoms with Gasteiger partial charge in [-0.05, 0) is 19.3 Å². The Kier molecular flexibility index (Phi) is 11.9. The van der Waals surface area contributed by atoms with Gasteiger partial charge in [0.05, 0.1) is 6.61 Å². The third-order valence-electron chi connectivity index (χ3n) is 4.40.